The van der Waals surface area contributed by atoms with Crippen molar-refractivity contribution in [2.24, 2.45) is 0 Å². The number of rotatable bonds is 7. The summed E-state index contributed by atoms with van der Waals surface area (Å²) in [5, 5.41) is 53.0. The highest BCUT2D eigenvalue weighted by molar-refractivity contribution is 9.10. The van der Waals surface area contributed by atoms with Crippen LogP contribution in [0, 0.1) is 20.2 Å². The summed E-state index contributed by atoms with van der Waals surface area (Å²) in [4.78, 5) is 34.4. The fourth-order valence-corrected chi connectivity index (χ4v) is 14.4. The van der Waals surface area contributed by atoms with Gasteiger partial charge in [-0.1, -0.05) is 231 Å². The van der Waals surface area contributed by atoms with Gasteiger partial charge in [0.05, 0.1) is 58.6 Å². The highest BCUT2D eigenvalue weighted by Gasteiger charge is 2.24. The third-order valence-electron chi connectivity index (χ3n) is 18.8. The number of H-pyrrole nitrogens is 1. The van der Waals surface area contributed by atoms with Crippen LogP contribution in [0.3, 0.4) is 0 Å². The number of halogens is 1. The molecule has 3 N–H and O–H groups in total. The van der Waals surface area contributed by atoms with E-state index in [-0.39, 0.29) is 16.3 Å². The average Bonchev–Trinajstić information content (AvgIpc) is 1.56. The summed E-state index contributed by atoms with van der Waals surface area (Å²) in [6.45, 7) is 0. The van der Waals surface area contributed by atoms with E-state index in [9.17, 15) is 30.3 Å². The van der Waals surface area contributed by atoms with Crippen molar-refractivity contribution in [3.63, 3.8) is 0 Å². The zero-order valence-electron chi connectivity index (χ0n) is 56.0. The summed E-state index contributed by atoms with van der Waals surface area (Å²) < 4.78 is 26.8. The molecule has 16 nitrogen and oxygen atoms in total. The summed E-state index contributed by atoms with van der Waals surface area (Å²) in [5.41, 5.74) is 16.5. The molecule has 14 aromatic carbocycles. The number of nitro benzene ring substituents is 2. The predicted octanol–water partition coefficient (Wildman–Crippen LogP) is 22.8. The van der Waals surface area contributed by atoms with Crippen LogP contribution in [-0.4, -0.2) is 46.5 Å². The molecular formula is C88H56BBrN6O10. The molecule has 0 saturated heterocycles. The summed E-state index contributed by atoms with van der Waals surface area (Å²) >= 11 is 3.06. The highest BCUT2D eigenvalue weighted by Crippen LogP contribution is 2.43. The van der Waals surface area contributed by atoms with E-state index >= 15 is 0 Å². The van der Waals surface area contributed by atoms with Gasteiger partial charge in [0.15, 0.2) is 0 Å². The first kappa shape index (κ1) is 65.5. The zero-order valence-corrected chi connectivity index (χ0v) is 57.5. The second kappa shape index (κ2) is 27.9. The van der Waals surface area contributed by atoms with Crippen LogP contribution < -0.4 is 5.46 Å². The molecule has 0 atom stereocenters. The minimum absolute atomic E-state index is 0.0791. The lowest BCUT2D eigenvalue weighted by atomic mass is 9.79. The maximum absolute atomic E-state index is 11.3. The molecule has 7 aromatic heterocycles. The molecule has 508 valence electrons. The minimum Gasteiger partial charge on any atom is -0.456 e. The summed E-state index contributed by atoms with van der Waals surface area (Å²) in [7, 11) is -1.51. The van der Waals surface area contributed by atoms with Crippen LogP contribution in [0.15, 0.2) is 344 Å². The van der Waals surface area contributed by atoms with Crippen LogP contribution >= 0.6 is 15.9 Å². The molecule has 0 aliphatic heterocycles. The number of benzene rings is 14. The van der Waals surface area contributed by atoms with E-state index in [1.807, 2.05) is 140 Å². The van der Waals surface area contributed by atoms with Gasteiger partial charge in [-0.15, -0.1) is 0 Å². The predicted molar refractivity (Wildman–Crippen MR) is 428 cm³/mol. The lowest BCUT2D eigenvalue weighted by Gasteiger charge is -2.11. The molecular weight excluding hydrogens is 1390 g/mol. The van der Waals surface area contributed by atoms with Crippen molar-refractivity contribution in [3.05, 3.63) is 346 Å². The first-order valence-corrected chi connectivity index (χ1v) is 34.7. The number of nitrogens with zero attached hydrogens (tertiary/aromatic N) is 5. The summed E-state index contributed by atoms with van der Waals surface area (Å²) in [6.07, 6.45) is 0. The average molecular weight is 1450 g/mol. The van der Waals surface area contributed by atoms with Crippen molar-refractivity contribution < 1.29 is 37.6 Å². The number of nitro groups is 2. The van der Waals surface area contributed by atoms with Gasteiger partial charge in [0.1, 0.15) is 44.7 Å². The molecule has 0 aliphatic rings. The Morgan fingerprint density at radius 2 is 0.783 bits per heavy atom. The molecule has 0 spiro atoms. The monoisotopic (exact) mass is 1450 g/mol. The molecule has 21 rings (SSSR count). The maximum atomic E-state index is 11.3. The SMILES string of the molecule is O=[N+]([O-])c1ccccc1-c1cccc2c1oc1ccccc12.O=[N+]([O-])c1ccccc1Br.OB(O)c1cccc2c1oc1ccccc12.c1ccc(-c2cc(-c3ccccc3)nc(-n3c4ccccc4c4c5oc6ccccc6c5ccc43)n2)cc1.c1ccc2c(c1)[nH]c1ccc3c4ccccc4oc3c12. The van der Waals surface area contributed by atoms with E-state index in [4.69, 9.17) is 27.6 Å². The molecule has 106 heavy (non-hydrogen) atoms. The van der Waals surface area contributed by atoms with Crippen molar-refractivity contribution in [1.82, 2.24) is 19.5 Å². The van der Waals surface area contributed by atoms with Crippen molar-refractivity contribution in [2.45, 2.75) is 0 Å². The van der Waals surface area contributed by atoms with Gasteiger partial charge in [0.2, 0.25) is 5.95 Å². The Morgan fingerprint density at radius 3 is 1.35 bits per heavy atom. The molecule has 0 fully saturated rings. The lowest BCUT2D eigenvalue weighted by Crippen LogP contribution is -2.29. The van der Waals surface area contributed by atoms with Crippen LogP contribution in [-0.2, 0) is 0 Å². The Bertz CT molecular complexity index is 6890. The largest absolute Gasteiger partial charge is 0.492 e. The van der Waals surface area contributed by atoms with E-state index in [1.54, 1.807) is 48.5 Å². The van der Waals surface area contributed by atoms with Gasteiger partial charge in [0, 0.05) is 93.7 Å². The number of aromatic nitrogens is 4. The topological polar surface area (TPSA) is 226 Å². The Morgan fingerprint density at radius 1 is 0.358 bits per heavy atom. The molecule has 0 saturated carbocycles. The van der Waals surface area contributed by atoms with Crippen LogP contribution in [0.25, 0.3) is 171 Å². The fourth-order valence-electron chi connectivity index (χ4n) is 14.0. The fraction of sp³-hybridized carbons (Fsp3) is 0. The van der Waals surface area contributed by atoms with E-state index in [0.717, 1.165) is 127 Å². The quantitative estimate of drug-likeness (QED) is 0.0769. The number of fused-ring (bicyclic) bond motifs is 20. The number of furan rings is 4. The number of nitrogens with one attached hydrogen (secondary N) is 1. The second-order valence-electron chi connectivity index (χ2n) is 25.1. The van der Waals surface area contributed by atoms with Crippen molar-refractivity contribution in [3.8, 4) is 39.6 Å². The molecule has 0 bridgehead atoms. The zero-order chi connectivity index (χ0) is 71.9. The van der Waals surface area contributed by atoms with Gasteiger partial charge < -0.3 is 32.7 Å². The van der Waals surface area contributed by atoms with E-state index in [2.05, 4.69) is 147 Å². The second-order valence-corrected chi connectivity index (χ2v) is 25.9. The highest BCUT2D eigenvalue weighted by atomic mass is 79.9. The van der Waals surface area contributed by atoms with E-state index < -0.39 is 12.0 Å². The van der Waals surface area contributed by atoms with E-state index in [0.29, 0.717) is 32.6 Å². The number of hydrogen-bond donors (Lipinski definition) is 3. The van der Waals surface area contributed by atoms with Crippen LogP contribution in [0.2, 0.25) is 0 Å². The van der Waals surface area contributed by atoms with Gasteiger partial charge in [0.25, 0.3) is 11.4 Å². The summed E-state index contributed by atoms with van der Waals surface area (Å²) in [6, 6.07) is 104. The molecule has 0 radical (unpaired) electrons. The Hall–Kier alpha value is -13.8. The van der Waals surface area contributed by atoms with Gasteiger partial charge in [-0.3, -0.25) is 24.8 Å². The van der Waals surface area contributed by atoms with Crippen molar-refractivity contribution >= 4 is 171 Å². The Labute approximate surface area is 610 Å². The first-order chi connectivity index (χ1) is 52.0. The first-order valence-electron chi connectivity index (χ1n) is 33.9. The van der Waals surface area contributed by atoms with Gasteiger partial charge in [-0.25, -0.2) is 9.97 Å². The van der Waals surface area contributed by atoms with Gasteiger partial charge >= 0.3 is 7.12 Å². The standard InChI is InChI=1S/C34H21N3O.C18H11NO3.C18H11NO.C12H9BO3.C6H4BrNO2/c1-3-11-22(12-4-1)27-21-28(23-13-5-2-6-14-23)36-34(35-27)37-29-17-9-7-16-26(29)32-30(37)20-19-25-24-15-8-10-18-31(24)38-33(25)32;20-19(21)16-10-3-1-6-12(16)14-8-5-9-15-13-7-2-4-11-17(13)22-18(14)15;1-3-7-14-13(6-1)17-15(19-14)10-9-12-11-5-2-4-8-16(11)20-18(12)17;14-13(15)10-6-3-5-9-8-4-1-2-7-11(8)16-12(9)10;7-5-3-1-2-4-6(5)8(9)10/h1-21H;1-11H;1-10,19H;1-7,14-15H;1-4H. The van der Waals surface area contributed by atoms with Crippen LogP contribution in [0.5, 0.6) is 0 Å². The molecule has 18 heteroatoms. The van der Waals surface area contributed by atoms with Gasteiger partial charge in [-0.05, 0) is 94.8 Å². The molecule has 0 aliphatic carbocycles. The maximum Gasteiger partial charge on any atom is 0.492 e. The number of aromatic amines is 1. The van der Waals surface area contributed by atoms with Crippen molar-refractivity contribution in [1.29, 1.82) is 0 Å². The molecule has 7 heterocycles. The lowest BCUT2D eigenvalue weighted by molar-refractivity contribution is -0.385. The van der Waals surface area contributed by atoms with Crippen LogP contribution in [0.4, 0.5) is 11.4 Å². The number of hydrogen-bond acceptors (Lipinski definition) is 12. The molecule has 21 aromatic rings. The minimum atomic E-state index is -1.51. The Balaban J connectivity index is 0.000000105. The number of para-hydroxylation sites is 10. The van der Waals surface area contributed by atoms with Crippen molar-refractivity contribution in [2.75, 3.05) is 0 Å². The van der Waals surface area contributed by atoms with Gasteiger partial charge in [-0.2, -0.15) is 0 Å². The van der Waals surface area contributed by atoms with E-state index in [1.165, 1.54) is 33.7 Å². The Kier molecular flexibility index (Phi) is 17.2. The van der Waals surface area contributed by atoms with Crippen LogP contribution in [0.1, 0.15) is 0 Å². The molecule has 0 unspecified atom stereocenters. The third kappa shape index (κ3) is 12.0. The normalized spacial score (nSPS) is 11.3. The summed E-state index contributed by atoms with van der Waals surface area (Å²) in [5.74, 6) is 0.631. The smallest absolute Gasteiger partial charge is 0.456 e. The third-order valence-corrected chi connectivity index (χ3v) is 19.5. The molecule has 0 amide bonds.